The number of carboxylic acid groups (broad SMARTS) is 1. The highest BCUT2D eigenvalue weighted by Crippen LogP contribution is 2.44. The summed E-state index contributed by atoms with van der Waals surface area (Å²) in [5.74, 6) is -4.52. The van der Waals surface area contributed by atoms with Gasteiger partial charge < -0.3 is 10.4 Å². The van der Waals surface area contributed by atoms with Crippen molar-refractivity contribution in [3.63, 3.8) is 0 Å². The van der Waals surface area contributed by atoms with Gasteiger partial charge in [-0.1, -0.05) is 18.2 Å². The Hall–Kier alpha value is -2.03. The number of alkyl halides is 3. The highest BCUT2D eigenvalue weighted by molar-refractivity contribution is 8.01. The summed E-state index contributed by atoms with van der Waals surface area (Å²) in [4.78, 5) is 37.7. The molecule has 0 spiro atoms. The molecule has 2 aliphatic heterocycles. The van der Waals surface area contributed by atoms with E-state index in [-0.39, 0.29) is 35.9 Å². The van der Waals surface area contributed by atoms with E-state index >= 15 is 0 Å². The fourth-order valence-electron chi connectivity index (χ4n) is 3.50. The number of carboxylic acids is 1. The Bertz CT molecular complexity index is 1130. The van der Waals surface area contributed by atoms with Gasteiger partial charge in [0.2, 0.25) is 11.1 Å². The normalized spacial score (nSPS) is 21.1. The van der Waals surface area contributed by atoms with Crippen LogP contribution in [0.3, 0.4) is 0 Å². The van der Waals surface area contributed by atoms with Gasteiger partial charge in [-0.05, 0) is 35.4 Å². The average Bonchev–Trinajstić information content (AvgIpc) is 3.29. The molecular formula is C16H19F3N6O7S4. The predicted octanol–water partition coefficient (Wildman–Crippen LogP) is 0.710. The topological polar surface area (TPSA) is 196 Å². The van der Waals surface area contributed by atoms with Crippen LogP contribution in [0.25, 0.3) is 0 Å². The number of carbonyl (C=O) groups is 3. The quantitative estimate of drug-likeness (QED) is 0.115. The summed E-state index contributed by atoms with van der Waals surface area (Å²) in [6.45, 7) is 0. The lowest BCUT2D eigenvalue weighted by Crippen LogP contribution is -2.71. The zero-order valence-corrected chi connectivity index (χ0v) is 21.2. The molecule has 4 N–H and O–H groups in total. The highest BCUT2D eigenvalue weighted by atomic mass is 32.2. The number of β-lactam (4-membered cyclic amide) rings is 1. The van der Waals surface area contributed by atoms with Gasteiger partial charge in [0.25, 0.3) is 16.0 Å². The number of H-pyrrole nitrogens is 1. The number of amides is 2. The molecule has 2 aliphatic rings. The number of fused-ring (bicyclic) bond motifs is 1. The molecule has 2 unspecified atom stereocenters. The molecule has 1 aromatic rings. The van der Waals surface area contributed by atoms with E-state index in [1.54, 1.807) is 0 Å². The maximum Gasteiger partial charge on any atom is 0.442 e. The molecule has 0 aromatic carbocycles. The van der Waals surface area contributed by atoms with Crippen molar-refractivity contribution in [1.29, 1.82) is 0 Å². The smallest absolute Gasteiger partial charge is 0.442 e. The number of aliphatic carboxylic acids is 1. The molecule has 1 aromatic heterocycles. The van der Waals surface area contributed by atoms with Crippen molar-refractivity contribution in [1.82, 2.24) is 30.8 Å². The standard InChI is InChI=1S/C16H19F3N6O7S4/c17-16(18,19)34-6-9(26)20-10-12(27)25-11(14(28)29)7(5-33-13(10)25)8(35-15-21-23-24-22-15)3-1-2-4-36(30,31)32/h8,10,13H,1-6H2,(H,20,26)(H,28,29)(H,30,31,32)(H,21,22,23,24)/t8?,10?,13-/m0/s1. The van der Waals surface area contributed by atoms with Crippen molar-refractivity contribution >= 4 is 63.2 Å². The molecule has 13 nitrogen and oxygen atoms in total. The summed E-state index contributed by atoms with van der Waals surface area (Å²) in [7, 11) is -4.17. The minimum Gasteiger partial charge on any atom is -0.477 e. The number of aromatic nitrogens is 4. The van der Waals surface area contributed by atoms with Crippen LogP contribution in [0.15, 0.2) is 16.4 Å². The second-order valence-electron chi connectivity index (χ2n) is 7.45. The first-order valence-corrected chi connectivity index (χ1v) is 14.6. The number of hydrogen-bond donors (Lipinski definition) is 4. The van der Waals surface area contributed by atoms with Crippen LogP contribution >= 0.6 is 35.3 Å². The Labute approximate surface area is 214 Å². The highest BCUT2D eigenvalue weighted by Gasteiger charge is 2.54. The third-order valence-electron chi connectivity index (χ3n) is 4.96. The third-order valence-corrected chi connectivity index (χ3v) is 8.99. The van der Waals surface area contributed by atoms with Gasteiger partial charge >= 0.3 is 11.5 Å². The lowest BCUT2D eigenvalue weighted by molar-refractivity contribution is -0.150. The fraction of sp³-hybridized carbons (Fsp3) is 0.625. The van der Waals surface area contributed by atoms with Gasteiger partial charge in [0.05, 0.1) is 11.5 Å². The Morgan fingerprint density at radius 3 is 2.64 bits per heavy atom. The minimum atomic E-state index is -4.62. The van der Waals surface area contributed by atoms with Gasteiger partial charge in [-0.15, -0.1) is 22.0 Å². The van der Waals surface area contributed by atoms with Gasteiger partial charge in [-0.3, -0.25) is 19.0 Å². The van der Waals surface area contributed by atoms with Gasteiger partial charge in [0.1, 0.15) is 17.1 Å². The third kappa shape index (κ3) is 7.49. The maximum atomic E-state index is 12.7. The van der Waals surface area contributed by atoms with Crippen molar-refractivity contribution < 1.29 is 45.6 Å². The summed E-state index contributed by atoms with van der Waals surface area (Å²) in [5.41, 5.74) is -4.61. The lowest BCUT2D eigenvalue weighted by atomic mass is 9.99. The number of nitrogens with one attached hydrogen (secondary N) is 2. The lowest BCUT2D eigenvalue weighted by Gasteiger charge is -2.50. The van der Waals surface area contributed by atoms with Crippen molar-refractivity contribution in [3.8, 4) is 0 Å². The number of unbranched alkanes of at least 4 members (excludes halogenated alkanes) is 1. The molecular weight excluding hydrogens is 573 g/mol. The first-order valence-electron chi connectivity index (χ1n) is 10.0. The summed E-state index contributed by atoms with van der Waals surface area (Å²) in [6.07, 6.45) is 0.631. The van der Waals surface area contributed by atoms with Gasteiger partial charge in [-0.25, -0.2) is 4.79 Å². The number of aromatic amines is 1. The van der Waals surface area contributed by atoms with Crippen LogP contribution in [-0.2, 0) is 24.5 Å². The molecule has 3 rings (SSSR count). The van der Waals surface area contributed by atoms with E-state index in [0.29, 0.717) is 5.57 Å². The van der Waals surface area contributed by atoms with E-state index < -0.39 is 73.3 Å². The molecule has 200 valence electrons. The molecule has 0 saturated carbocycles. The van der Waals surface area contributed by atoms with Crippen LogP contribution in [0.5, 0.6) is 0 Å². The van der Waals surface area contributed by atoms with E-state index in [1.807, 2.05) is 0 Å². The number of halogens is 3. The Morgan fingerprint density at radius 2 is 2.06 bits per heavy atom. The van der Waals surface area contributed by atoms with Crippen LogP contribution in [0.1, 0.15) is 19.3 Å². The molecule has 2 amide bonds. The minimum absolute atomic E-state index is 0.0975. The molecule has 3 atom stereocenters. The van der Waals surface area contributed by atoms with Crippen molar-refractivity contribution in [2.24, 2.45) is 0 Å². The summed E-state index contributed by atoms with van der Waals surface area (Å²) >= 11 is 1.63. The van der Waals surface area contributed by atoms with Crippen molar-refractivity contribution in [2.75, 3.05) is 17.3 Å². The van der Waals surface area contributed by atoms with E-state index in [9.17, 15) is 41.1 Å². The van der Waals surface area contributed by atoms with Crippen molar-refractivity contribution in [3.05, 3.63) is 11.3 Å². The second kappa shape index (κ2) is 11.6. The molecule has 1 saturated heterocycles. The van der Waals surface area contributed by atoms with E-state index in [4.69, 9.17) is 4.55 Å². The van der Waals surface area contributed by atoms with E-state index in [1.165, 1.54) is 0 Å². The van der Waals surface area contributed by atoms with Crippen LogP contribution in [0, 0.1) is 0 Å². The van der Waals surface area contributed by atoms with Crippen LogP contribution < -0.4 is 5.32 Å². The van der Waals surface area contributed by atoms with Crippen LogP contribution in [-0.4, -0.2) is 101 Å². The SMILES string of the molecule is O=C(CSC(F)(F)F)NC1C(=O)N2C(C(=O)O)=C(C(CCCCS(=O)(=O)O)Sc3nn[nH]n3)CS[C@@H]12. The molecule has 1 fully saturated rings. The molecule has 0 radical (unpaired) electrons. The van der Waals surface area contributed by atoms with Crippen LogP contribution in [0.4, 0.5) is 13.2 Å². The van der Waals surface area contributed by atoms with Gasteiger partial charge in [0.15, 0.2) is 0 Å². The number of hydrogen-bond acceptors (Lipinski definition) is 11. The molecule has 3 heterocycles. The van der Waals surface area contributed by atoms with E-state index in [2.05, 4.69) is 25.9 Å². The first-order chi connectivity index (χ1) is 16.8. The largest absolute Gasteiger partial charge is 0.477 e. The summed E-state index contributed by atoms with van der Waals surface area (Å²) in [6, 6.07) is -1.18. The number of thioether (sulfide) groups is 3. The fourth-order valence-corrected chi connectivity index (χ4v) is 7.03. The maximum absolute atomic E-state index is 12.7. The summed E-state index contributed by atoms with van der Waals surface area (Å²) in [5, 5.41) is 24.2. The first kappa shape index (κ1) is 28.5. The Balaban J connectivity index is 1.77. The van der Waals surface area contributed by atoms with Gasteiger partial charge in [-0.2, -0.15) is 26.8 Å². The number of rotatable bonds is 12. The zero-order chi connectivity index (χ0) is 26.7. The predicted molar refractivity (Wildman–Crippen MR) is 122 cm³/mol. The summed E-state index contributed by atoms with van der Waals surface area (Å²) < 4.78 is 67.9. The van der Waals surface area contributed by atoms with Gasteiger partial charge in [0, 0.05) is 11.0 Å². The second-order valence-corrected chi connectivity index (χ2v) is 12.3. The Kier molecular flexibility index (Phi) is 9.17. The van der Waals surface area contributed by atoms with Crippen molar-refractivity contribution in [2.45, 2.75) is 46.6 Å². The zero-order valence-electron chi connectivity index (χ0n) is 18.0. The number of carbonyl (C=O) groups excluding carboxylic acids is 2. The monoisotopic (exact) mass is 592 g/mol. The Morgan fingerprint density at radius 1 is 1.33 bits per heavy atom. The average molecular weight is 593 g/mol. The number of tetrazole rings is 1. The van der Waals surface area contributed by atoms with Crippen LogP contribution in [0.2, 0.25) is 0 Å². The molecule has 0 bridgehead atoms. The molecule has 0 aliphatic carbocycles. The van der Waals surface area contributed by atoms with E-state index in [0.717, 1.165) is 28.4 Å². The molecule has 20 heteroatoms. The molecule has 36 heavy (non-hydrogen) atoms. The number of nitrogens with zero attached hydrogens (tertiary/aromatic N) is 4.